The van der Waals surface area contributed by atoms with Crippen molar-refractivity contribution >= 4 is 39.6 Å². The summed E-state index contributed by atoms with van der Waals surface area (Å²) < 4.78 is 0.920. The average molecular weight is 591 g/mol. The highest BCUT2D eigenvalue weighted by atomic mass is 79.9. The van der Waals surface area contributed by atoms with Gasteiger partial charge in [0.25, 0.3) is 11.8 Å². The molecule has 8 heteroatoms. The molecule has 202 valence electrons. The number of benzene rings is 3. The predicted octanol–water partition coefficient (Wildman–Crippen LogP) is 4.99. The Morgan fingerprint density at radius 3 is 2.03 bits per heavy atom. The van der Waals surface area contributed by atoms with Crippen molar-refractivity contribution in [1.29, 1.82) is 0 Å². The summed E-state index contributed by atoms with van der Waals surface area (Å²) in [6.07, 6.45) is 0.745. The first-order valence-corrected chi connectivity index (χ1v) is 13.9. The number of nitrogens with one attached hydrogen (secondary N) is 1. The summed E-state index contributed by atoms with van der Waals surface area (Å²) in [5.41, 5.74) is 2.61. The molecule has 1 unspecified atom stereocenters. The van der Waals surface area contributed by atoms with E-state index in [4.69, 9.17) is 0 Å². The fourth-order valence-corrected chi connectivity index (χ4v) is 4.96. The molecule has 0 fully saturated rings. The summed E-state index contributed by atoms with van der Waals surface area (Å²) in [6, 6.07) is 23.2. The number of fused-ring (bicyclic) bond motifs is 1. The maximum Gasteiger partial charge on any atom is 0.261 e. The van der Waals surface area contributed by atoms with Crippen LogP contribution in [0.1, 0.15) is 58.5 Å². The second-order valence-corrected chi connectivity index (χ2v) is 10.8. The zero-order valence-corrected chi connectivity index (χ0v) is 23.7. The van der Waals surface area contributed by atoms with E-state index in [1.54, 1.807) is 29.2 Å². The number of carbonyl (C=O) groups excluding carboxylic acids is 4. The summed E-state index contributed by atoms with van der Waals surface area (Å²) >= 11 is 3.45. The molecule has 1 heterocycles. The van der Waals surface area contributed by atoms with Crippen molar-refractivity contribution in [3.63, 3.8) is 0 Å². The Bertz CT molecular complexity index is 1310. The van der Waals surface area contributed by atoms with Gasteiger partial charge in [0.1, 0.15) is 6.04 Å². The second kappa shape index (κ2) is 12.8. The molecule has 3 aromatic carbocycles. The molecule has 0 aliphatic carbocycles. The van der Waals surface area contributed by atoms with Crippen LogP contribution < -0.4 is 5.32 Å². The number of rotatable bonds is 11. The third kappa shape index (κ3) is 7.00. The number of hydrogen-bond acceptors (Lipinski definition) is 4. The van der Waals surface area contributed by atoms with E-state index in [1.165, 1.54) is 4.90 Å². The monoisotopic (exact) mass is 589 g/mol. The number of hydrogen-bond donors (Lipinski definition) is 1. The maximum atomic E-state index is 13.7. The van der Waals surface area contributed by atoms with Gasteiger partial charge in [0.2, 0.25) is 11.8 Å². The van der Waals surface area contributed by atoms with Gasteiger partial charge in [-0.1, -0.05) is 70.5 Å². The van der Waals surface area contributed by atoms with Crippen LogP contribution in [0.25, 0.3) is 0 Å². The van der Waals surface area contributed by atoms with Crippen LogP contribution in [-0.4, -0.2) is 52.1 Å². The van der Waals surface area contributed by atoms with Crippen molar-refractivity contribution in [2.45, 2.75) is 51.7 Å². The van der Waals surface area contributed by atoms with E-state index < -0.39 is 6.04 Å². The molecule has 0 saturated carbocycles. The van der Waals surface area contributed by atoms with Crippen LogP contribution in [0, 0.1) is 0 Å². The Hall–Kier alpha value is -3.78. The molecule has 0 spiro atoms. The first kappa shape index (κ1) is 28.2. The van der Waals surface area contributed by atoms with Crippen LogP contribution >= 0.6 is 15.9 Å². The Labute approximate surface area is 237 Å². The Kier molecular flexibility index (Phi) is 9.30. The first-order chi connectivity index (χ1) is 18.7. The standard InChI is InChI=1S/C31H32BrN3O4/c1-21(2)33-29(37)27(19-22-9-4-3-5-10-22)35(20-23-14-16-24(32)17-15-23)28(36)13-8-18-34-30(38)25-11-6-7-12-26(25)31(34)39/h3-7,9-12,14-17,21,27H,8,13,18-20H2,1-2H3,(H,33,37). The molecule has 1 atom stereocenters. The van der Waals surface area contributed by atoms with Crippen molar-refractivity contribution in [3.8, 4) is 0 Å². The summed E-state index contributed by atoms with van der Waals surface area (Å²) in [7, 11) is 0. The minimum absolute atomic E-state index is 0.0875. The maximum absolute atomic E-state index is 13.7. The van der Waals surface area contributed by atoms with E-state index >= 15 is 0 Å². The number of carbonyl (C=O) groups is 4. The molecule has 0 radical (unpaired) electrons. The SMILES string of the molecule is CC(C)NC(=O)C(Cc1ccccc1)N(Cc1ccc(Br)cc1)C(=O)CCCN1C(=O)c2ccccc2C1=O. The van der Waals surface area contributed by atoms with Crippen LogP contribution in [0.5, 0.6) is 0 Å². The van der Waals surface area contributed by atoms with Crippen LogP contribution in [0.2, 0.25) is 0 Å². The van der Waals surface area contributed by atoms with Gasteiger partial charge in [0, 0.05) is 36.4 Å². The normalized spacial score (nSPS) is 13.4. The molecular formula is C31H32BrN3O4. The molecule has 4 rings (SSSR count). The summed E-state index contributed by atoms with van der Waals surface area (Å²) in [5, 5.41) is 2.98. The van der Waals surface area contributed by atoms with Gasteiger partial charge >= 0.3 is 0 Å². The topological polar surface area (TPSA) is 86.8 Å². The molecular weight excluding hydrogens is 558 g/mol. The molecule has 3 aromatic rings. The van der Waals surface area contributed by atoms with E-state index in [1.807, 2.05) is 68.4 Å². The highest BCUT2D eigenvalue weighted by Crippen LogP contribution is 2.23. The van der Waals surface area contributed by atoms with Crippen molar-refractivity contribution in [2.75, 3.05) is 6.54 Å². The Morgan fingerprint density at radius 1 is 0.846 bits per heavy atom. The smallest absolute Gasteiger partial charge is 0.261 e. The molecule has 1 aliphatic rings. The molecule has 4 amide bonds. The minimum atomic E-state index is -0.731. The van der Waals surface area contributed by atoms with Gasteiger partial charge in [-0.3, -0.25) is 24.1 Å². The molecule has 7 nitrogen and oxygen atoms in total. The quantitative estimate of drug-likeness (QED) is 0.319. The zero-order chi connectivity index (χ0) is 27.9. The largest absolute Gasteiger partial charge is 0.352 e. The van der Waals surface area contributed by atoms with E-state index in [9.17, 15) is 19.2 Å². The van der Waals surface area contributed by atoms with Gasteiger partial charge in [0.15, 0.2) is 0 Å². The van der Waals surface area contributed by atoms with E-state index in [-0.39, 0.29) is 49.2 Å². The molecule has 1 N–H and O–H groups in total. The molecule has 39 heavy (non-hydrogen) atoms. The highest BCUT2D eigenvalue weighted by molar-refractivity contribution is 9.10. The number of halogens is 1. The zero-order valence-electron chi connectivity index (χ0n) is 22.1. The van der Waals surface area contributed by atoms with E-state index in [0.29, 0.717) is 24.0 Å². The molecule has 1 aliphatic heterocycles. The van der Waals surface area contributed by atoms with Crippen LogP contribution in [0.4, 0.5) is 0 Å². The molecule has 0 saturated heterocycles. The lowest BCUT2D eigenvalue weighted by atomic mass is 10.0. The van der Waals surface area contributed by atoms with Gasteiger partial charge in [-0.05, 0) is 55.7 Å². The van der Waals surface area contributed by atoms with Crippen molar-refractivity contribution in [1.82, 2.24) is 15.1 Å². The number of amides is 4. The summed E-state index contributed by atoms with van der Waals surface area (Å²) in [4.78, 5) is 55.5. The average Bonchev–Trinajstić information content (AvgIpc) is 3.16. The lowest BCUT2D eigenvalue weighted by molar-refractivity contribution is -0.141. The van der Waals surface area contributed by atoms with Crippen molar-refractivity contribution < 1.29 is 19.2 Å². The number of nitrogens with zero attached hydrogens (tertiary/aromatic N) is 2. The summed E-state index contributed by atoms with van der Waals surface area (Å²) in [6.45, 7) is 4.16. The van der Waals surface area contributed by atoms with Gasteiger partial charge < -0.3 is 10.2 Å². The van der Waals surface area contributed by atoms with Crippen molar-refractivity contribution in [2.24, 2.45) is 0 Å². The highest BCUT2D eigenvalue weighted by Gasteiger charge is 2.35. The third-order valence-corrected chi connectivity index (χ3v) is 7.15. The number of imide groups is 1. The Morgan fingerprint density at radius 2 is 1.44 bits per heavy atom. The van der Waals surface area contributed by atoms with Gasteiger partial charge in [-0.15, -0.1) is 0 Å². The van der Waals surface area contributed by atoms with Crippen LogP contribution in [0.3, 0.4) is 0 Å². The summed E-state index contributed by atoms with van der Waals surface area (Å²) in [5.74, 6) is -1.12. The fraction of sp³-hybridized carbons (Fsp3) is 0.290. The van der Waals surface area contributed by atoms with Crippen LogP contribution in [0.15, 0.2) is 83.3 Å². The first-order valence-electron chi connectivity index (χ1n) is 13.1. The van der Waals surface area contributed by atoms with Crippen LogP contribution in [-0.2, 0) is 22.6 Å². The second-order valence-electron chi connectivity index (χ2n) is 9.93. The Balaban J connectivity index is 1.54. The third-order valence-electron chi connectivity index (χ3n) is 6.62. The minimum Gasteiger partial charge on any atom is -0.352 e. The van der Waals surface area contributed by atoms with Gasteiger partial charge in [-0.2, -0.15) is 0 Å². The molecule has 0 bridgehead atoms. The van der Waals surface area contributed by atoms with Gasteiger partial charge in [0.05, 0.1) is 11.1 Å². The van der Waals surface area contributed by atoms with E-state index in [0.717, 1.165) is 15.6 Å². The lowest BCUT2D eigenvalue weighted by Gasteiger charge is -2.32. The predicted molar refractivity (Wildman–Crippen MR) is 153 cm³/mol. The molecule has 0 aromatic heterocycles. The lowest BCUT2D eigenvalue weighted by Crippen LogP contribution is -2.51. The van der Waals surface area contributed by atoms with Gasteiger partial charge in [-0.25, -0.2) is 0 Å². The van der Waals surface area contributed by atoms with Crippen molar-refractivity contribution in [3.05, 3.63) is 106 Å². The fourth-order valence-electron chi connectivity index (χ4n) is 4.70. The van der Waals surface area contributed by atoms with E-state index in [2.05, 4.69) is 21.2 Å².